The van der Waals surface area contributed by atoms with E-state index in [2.05, 4.69) is 9.88 Å². The highest BCUT2D eigenvalue weighted by molar-refractivity contribution is 5.89. The number of piperazine rings is 1. The minimum absolute atomic E-state index is 0.317. The number of aromatic nitrogens is 1. The molecule has 28 heavy (non-hydrogen) atoms. The fourth-order valence-electron chi connectivity index (χ4n) is 3.32. The topological polar surface area (TPSA) is 88.8 Å². The fourth-order valence-corrected chi connectivity index (χ4v) is 3.32. The van der Waals surface area contributed by atoms with Gasteiger partial charge in [-0.05, 0) is 36.8 Å². The quantitative estimate of drug-likeness (QED) is 0.761. The van der Waals surface area contributed by atoms with Gasteiger partial charge in [0.1, 0.15) is 17.7 Å². The van der Waals surface area contributed by atoms with E-state index in [0.717, 1.165) is 5.82 Å². The van der Waals surface area contributed by atoms with Crippen LogP contribution in [0.2, 0.25) is 0 Å². The number of benzene rings is 1. The van der Waals surface area contributed by atoms with Gasteiger partial charge in [-0.25, -0.2) is 14.2 Å². The van der Waals surface area contributed by atoms with Crippen molar-refractivity contribution in [2.75, 3.05) is 37.7 Å². The van der Waals surface area contributed by atoms with Crippen LogP contribution in [0.4, 0.5) is 10.2 Å². The molecular formula is C20H23FN4O3. The summed E-state index contributed by atoms with van der Waals surface area (Å²) in [6.07, 6.45) is 1.50. The maximum absolute atomic E-state index is 13.2. The fraction of sp³-hybridized carbons (Fsp3) is 0.350. The van der Waals surface area contributed by atoms with Gasteiger partial charge in [0.2, 0.25) is 5.91 Å². The zero-order valence-electron chi connectivity index (χ0n) is 15.7. The Hall–Kier alpha value is -3.00. The number of hydrogen-bond donors (Lipinski definition) is 1. The van der Waals surface area contributed by atoms with Gasteiger partial charge < -0.3 is 15.4 Å². The number of esters is 1. The molecule has 1 aliphatic rings. The highest BCUT2D eigenvalue weighted by Crippen LogP contribution is 2.24. The number of nitrogens with two attached hydrogens (primary N) is 1. The molecule has 2 heterocycles. The van der Waals surface area contributed by atoms with E-state index in [1.807, 2.05) is 4.90 Å². The Morgan fingerprint density at radius 3 is 2.36 bits per heavy atom. The third kappa shape index (κ3) is 4.45. The third-order valence-corrected chi connectivity index (χ3v) is 4.72. The van der Waals surface area contributed by atoms with Gasteiger partial charge in [-0.3, -0.25) is 9.69 Å². The summed E-state index contributed by atoms with van der Waals surface area (Å²) in [5.41, 5.74) is 6.70. The van der Waals surface area contributed by atoms with E-state index in [1.165, 1.54) is 18.3 Å². The maximum Gasteiger partial charge on any atom is 0.339 e. The summed E-state index contributed by atoms with van der Waals surface area (Å²) in [5, 5.41) is 0. The molecule has 1 fully saturated rings. The van der Waals surface area contributed by atoms with Crippen LogP contribution in [0.3, 0.4) is 0 Å². The SMILES string of the molecule is CCOC(=O)c1ccc(N2CCN(C(C(N)=O)c3ccc(F)cc3)CC2)nc1. The predicted octanol–water partition coefficient (Wildman–Crippen LogP) is 1.75. The molecule has 0 spiro atoms. The van der Waals surface area contributed by atoms with Gasteiger partial charge in [0.15, 0.2) is 0 Å². The normalized spacial score (nSPS) is 15.9. The van der Waals surface area contributed by atoms with Gasteiger partial charge >= 0.3 is 5.97 Å². The molecule has 3 rings (SSSR count). The van der Waals surface area contributed by atoms with Gasteiger partial charge in [0, 0.05) is 32.4 Å². The second kappa shape index (κ2) is 8.79. The Kier molecular flexibility index (Phi) is 6.20. The van der Waals surface area contributed by atoms with E-state index in [1.54, 1.807) is 31.2 Å². The minimum atomic E-state index is -0.595. The van der Waals surface area contributed by atoms with E-state index in [0.29, 0.717) is 43.9 Å². The van der Waals surface area contributed by atoms with Gasteiger partial charge in [0.25, 0.3) is 0 Å². The van der Waals surface area contributed by atoms with Crippen molar-refractivity contribution in [3.8, 4) is 0 Å². The van der Waals surface area contributed by atoms with Crippen LogP contribution in [0.5, 0.6) is 0 Å². The molecule has 0 bridgehead atoms. The lowest BCUT2D eigenvalue weighted by Gasteiger charge is -2.38. The lowest BCUT2D eigenvalue weighted by Crippen LogP contribution is -2.50. The van der Waals surface area contributed by atoms with E-state index in [-0.39, 0.29) is 5.82 Å². The first kappa shape index (κ1) is 19.8. The molecular weight excluding hydrogens is 363 g/mol. The molecule has 1 amide bonds. The molecule has 1 unspecified atom stereocenters. The largest absolute Gasteiger partial charge is 0.462 e. The molecule has 1 aromatic heterocycles. The average molecular weight is 386 g/mol. The molecule has 2 N–H and O–H groups in total. The average Bonchev–Trinajstić information content (AvgIpc) is 2.70. The molecule has 1 aliphatic heterocycles. The number of anilines is 1. The standard InChI is InChI=1S/C20H23FN4O3/c1-2-28-20(27)15-5-8-17(23-13-15)24-9-11-25(12-10-24)18(19(22)26)14-3-6-16(21)7-4-14/h3-8,13,18H,2,9-12H2,1H3,(H2,22,26). The van der Waals surface area contributed by atoms with Crippen LogP contribution in [0.15, 0.2) is 42.6 Å². The zero-order chi connectivity index (χ0) is 20.1. The number of amides is 1. The Bertz CT molecular complexity index is 818. The number of ether oxygens (including phenoxy) is 1. The smallest absolute Gasteiger partial charge is 0.339 e. The second-order valence-electron chi connectivity index (χ2n) is 6.51. The van der Waals surface area contributed by atoms with Gasteiger partial charge in [-0.2, -0.15) is 0 Å². The van der Waals surface area contributed by atoms with Crippen molar-refractivity contribution in [3.05, 3.63) is 59.5 Å². The number of carbonyl (C=O) groups excluding carboxylic acids is 2. The van der Waals surface area contributed by atoms with Crippen LogP contribution in [0.25, 0.3) is 0 Å². The Labute approximate surface area is 162 Å². The lowest BCUT2D eigenvalue weighted by atomic mass is 10.0. The number of hydrogen-bond acceptors (Lipinski definition) is 6. The van der Waals surface area contributed by atoms with Crippen LogP contribution in [0.1, 0.15) is 28.9 Å². The first-order chi connectivity index (χ1) is 13.5. The van der Waals surface area contributed by atoms with Crippen LogP contribution >= 0.6 is 0 Å². The van der Waals surface area contributed by atoms with Crippen LogP contribution in [0, 0.1) is 5.82 Å². The third-order valence-electron chi connectivity index (χ3n) is 4.72. The number of rotatable bonds is 6. The first-order valence-electron chi connectivity index (χ1n) is 9.16. The van der Waals surface area contributed by atoms with Crippen LogP contribution < -0.4 is 10.6 Å². The molecule has 1 aromatic carbocycles. The lowest BCUT2D eigenvalue weighted by molar-refractivity contribution is -0.123. The summed E-state index contributed by atoms with van der Waals surface area (Å²) >= 11 is 0. The number of primary amides is 1. The molecule has 8 heteroatoms. The number of pyridine rings is 1. The van der Waals surface area contributed by atoms with Crippen LogP contribution in [-0.4, -0.2) is 54.5 Å². The van der Waals surface area contributed by atoms with Crippen molar-refractivity contribution in [1.82, 2.24) is 9.88 Å². The summed E-state index contributed by atoms with van der Waals surface area (Å²) < 4.78 is 18.1. The monoisotopic (exact) mass is 386 g/mol. The molecule has 148 valence electrons. The molecule has 7 nitrogen and oxygen atoms in total. The maximum atomic E-state index is 13.2. The van der Waals surface area contributed by atoms with Crippen molar-refractivity contribution >= 4 is 17.7 Å². The summed E-state index contributed by atoms with van der Waals surface area (Å²) in [7, 11) is 0. The van der Waals surface area contributed by atoms with Crippen LogP contribution in [-0.2, 0) is 9.53 Å². The summed E-state index contributed by atoms with van der Waals surface area (Å²) in [5.74, 6) is -0.453. The van der Waals surface area contributed by atoms with E-state index >= 15 is 0 Å². The highest BCUT2D eigenvalue weighted by Gasteiger charge is 2.29. The molecule has 0 saturated carbocycles. The van der Waals surface area contributed by atoms with E-state index in [9.17, 15) is 14.0 Å². The first-order valence-corrected chi connectivity index (χ1v) is 9.16. The van der Waals surface area contributed by atoms with Crippen molar-refractivity contribution in [2.24, 2.45) is 5.73 Å². The predicted molar refractivity (Wildman–Crippen MR) is 102 cm³/mol. The summed E-state index contributed by atoms with van der Waals surface area (Å²) in [6.45, 7) is 4.58. The summed E-state index contributed by atoms with van der Waals surface area (Å²) in [6, 6.07) is 8.72. The minimum Gasteiger partial charge on any atom is -0.462 e. The molecule has 0 aliphatic carbocycles. The Morgan fingerprint density at radius 1 is 1.14 bits per heavy atom. The zero-order valence-corrected chi connectivity index (χ0v) is 15.7. The molecule has 1 saturated heterocycles. The number of halogens is 1. The van der Waals surface area contributed by atoms with E-state index < -0.39 is 17.9 Å². The van der Waals surface area contributed by atoms with Crippen molar-refractivity contribution in [3.63, 3.8) is 0 Å². The Balaban J connectivity index is 1.65. The van der Waals surface area contributed by atoms with Crippen molar-refractivity contribution in [2.45, 2.75) is 13.0 Å². The molecule has 2 aromatic rings. The Morgan fingerprint density at radius 2 is 1.82 bits per heavy atom. The van der Waals surface area contributed by atoms with Gasteiger partial charge in [0.05, 0.1) is 12.2 Å². The molecule has 0 radical (unpaired) electrons. The second-order valence-corrected chi connectivity index (χ2v) is 6.51. The summed E-state index contributed by atoms with van der Waals surface area (Å²) in [4.78, 5) is 32.1. The molecule has 1 atom stereocenters. The van der Waals surface area contributed by atoms with Gasteiger partial charge in [-0.15, -0.1) is 0 Å². The highest BCUT2D eigenvalue weighted by atomic mass is 19.1. The number of nitrogens with zero attached hydrogens (tertiary/aromatic N) is 3. The van der Waals surface area contributed by atoms with Crippen molar-refractivity contribution in [1.29, 1.82) is 0 Å². The van der Waals surface area contributed by atoms with Gasteiger partial charge in [-0.1, -0.05) is 12.1 Å². The van der Waals surface area contributed by atoms with Crippen molar-refractivity contribution < 1.29 is 18.7 Å². The number of carbonyl (C=O) groups is 2. The van der Waals surface area contributed by atoms with E-state index in [4.69, 9.17) is 10.5 Å².